The maximum absolute atomic E-state index is 12.5. The number of para-hydroxylation sites is 1. The van der Waals surface area contributed by atoms with Crippen molar-refractivity contribution < 1.29 is 9.21 Å². The van der Waals surface area contributed by atoms with E-state index in [-0.39, 0.29) is 5.91 Å². The molecule has 0 spiro atoms. The normalized spacial score (nSPS) is 10.9. The van der Waals surface area contributed by atoms with Crippen LogP contribution in [0.5, 0.6) is 0 Å². The second kappa shape index (κ2) is 5.97. The molecule has 1 N–H and O–H groups in total. The molecule has 0 bridgehead atoms. The Labute approximate surface area is 137 Å². The molecule has 1 amide bonds. The van der Waals surface area contributed by atoms with Crippen LogP contribution >= 0.6 is 15.9 Å². The Morgan fingerprint density at radius 3 is 2.73 bits per heavy atom. The summed E-state index contributed by atoms with van der Waals surface area (Å²) in [4.78, 5) is 12.5. The number of aryl methyl sites for hydroxylation is 2. The van der Waals surface area contributed by atoms with Crippen LogP contribution in [0.15, 0.2) is 51.4 Å². The molecule has 0 unspecified atom stereocenters. The highest BCUT2D eigenvalue weighted by Crippen LogP contribution is 2.28. The van der Waals surface area contributed by atoms with E-state index < -0.39 is 0 Å². The van der Waals surface area contributed by atoms with Crippen LogP contribution in [0.3, 0.4) is 0 Å². The molecule has 0 saturated carbocycles. The number of amides is 1. The van der Waals surface area contributed by atoms with Gasteiger partial charge in [-0.25, -0.2) is 0 Å². The minimum Gasteiger partial charge on any atom is -0.451 e. The molecule has 22 heavy (non-hydrogen) atoms. The van der Waals surface area contributed by atoms with Gasteiger partial charge in [-0.2, -0.15) is 0 Å². The van der Waals surface area contributed by atoms with Crippen LogP contribution in [0.2, 0.25) is 0 Å². The number of carbonyl (C=O) groups excluding carboxylic acids is 1. The quantitative estimate of drug-likeness (QED) is 0.689. The molecule has 0 atom stereocenters. The average Bonchev–Trinajstić information content (AvgIpc) is 2.86. The van der Waals surface area contributed by atoms with Crippen LogP contribution in [0.4, 0.5) is 5.69 Å². The van der Waals surface area contributed by atoms with E-state index in [0.29, 0.717) is 5.76 Å². The molecule has 0 aliphatic carbocycles. The van der Waals surface area contributed by atoms with Crippen molar-refractivity contribution in [3.63, 3.8) is 0 Å². The summed E-state index contributed by atoms with van der Waals surface area (Å²) in [5.41, 5.74) is 3.57. The van der Waals surface area contributed by atoms with Crippen molar-refractivity contribution in [2.24, 2.45) is 0 Å². The molecule has 0 radical (unpaired) electrons. The predicted molar refractivity (Wildman–Crippen MR) is 92.4 cm³/mol. The van der Waals surface area contributed by atoms with Gasteiger partial charge in [-0.3, -0.25) is 4.79 Å². The van der Waals surface area contributed by atoms with Gasteiger partial charge in [0, 0.05) is 15.4 Å². The number of rotatable bonds is 3. The zero-order valence-electron chi connectivity index (χ0n) is 12.4. The van der Waals surface area contributed by atoms with Crippen LogP contribution in [0, 0.1) is 6.92 Å². The smallest absolute Gasteiger partial charge is 0.291 e. The molecular weight excluding hydrogens is 342 g/mol. The number of carbonyl (C=O) groups is 1. The fourth-order valence-electron chi connectivity index (χ4n) is 2.45. The second-order valence-corrected chi connectivity index (χ2v) is 6.03. The number of halogens is 1. The number of benzene rings is 2. The fourth-order valence-corrected chi connectivity index (χ4v) is 2.83. The van der Waals surface area contributed by atoms with Crippen molar-refractivity contribution >= 4 is 38.5 Å². The van der Waals surface area contributed by atoms with E-state index in [1.807, 2.05) is 43.3 Å². The lowest BCUT2D eigenvalue weighted by molar-refractivity contribution is 0.0998. The Hall–Kier alpha value is -2.07. The lowest BCUT2D eigenvalue weighted by atomic mass is 10.1. The standard InChI is InChI=1S/C18H16BrNO2/c1-3-12-8-9-16-13(10-12)11(2)17(22-16)18(21)20-15-7-5-4-6-14(15)19/h4-10H,3H2,1-2H3,(H,20,21). The molecule has 0 fully saturated rings. The number of furan rings is 1. The van der Waals surface area contributed by atoms with Crippen LogP contribution in [-0.4, -0.2) is 5.91 Å². The molecule has 112 valence electrons. The monoisotopic (exact) mass is 357 g/mol. The van der Waals surface area contributed by atoms with Gasteiger partial charge in [-0.05, 0) is 59.1 Å². The Morgan fingerprint density at radius 2 is 2.00 bits per heavy atom. The Bertz CT molecular complexity index is 851. The SMILES string of the molecule is CCc1ccc2oc(C(=O)Nc3ccccc3Br)c(C)c2c1. The summed E-state index contributed by atoms with van der Waals surface area (Å²) in [7, 11) is 0. The predicted octanol–water partition coefficient (Wildman–Crippen LogP) is 5.32. The number of hydrogen-bond acceptors (Lipinski definition) is 2. The van der Waals surface area contributed by atoms with Gasteiger partial charge >= 0.3 is 0 Å². The third kappa shape index (κ3) is 2.66. The summed E-state index contributed by atoms with van der Waals surface area (Å²) >= 11 is 3.42. The average molecular weight is 358 g/mol. The molecule has 1 aromatic heterocycles. The Kier molecular flexibility index (Phi) is 4.03. The van der Waals surface area contributed by atoms with Crippen molar-refractivity contribution in [2.45, 2.75) is 20.3 Å². The molecule has 0 aliphatic heterocycles. The van der Waals surface area contributed by atoms with Crippen LogP contribution in [0.1, 0.15) is 28.6 Å². The molecule has 2 aromatic carbocycles. The highest BCUT2D eigenvalue weighted by Gasteiger charge is 2.18. The van der Waals surface area contributed by atoms with E-state index in [2.05, 4.69) is 34.2 Å². The first-order valence-electron chi connectivity index (χ1n) is 7.18. The number of hydrogen-bond donors (Lipinski definition) is 1. The van der Waals surface area contributed by atoms with E-state index in [1.165, 1.54) is 5.56 Å². The summed E-state index contributed by atoms with van der Waals surface area (Å²) in [5.74, 6) is 0.123. The van der Waals surface area contributed by atoms with Crippen molar-refractivity contribution in [1.82, 2.24) is 0 Å². The van der Waals surface area contributed by atoms with Crippen LogP contribution in [0.25, 0.3) is 11.0 Å². The van der Waals surface area contributed by atoms with Crippen molar-refractivity contribution in [1.29, 1.82) is 0 Å². The number of nitrogens with one attached hydrogen (secondary N) is 1. The Balaban J connectivity index is 1.97. The molecule has 0 aliphatic rings. The van der Waals surface area contributed by atoms with Gasteiger partial charge < -0.3 is 9.73 Å². The molecule has 1 heterocycles. The molecule has 3 rings (SSSR count). The minimum atomic E-state index is -0.237. The zero-order chi connectivity index (χ0) is 15.7. The maximum atomic E-state index is 12.5. The first kappa shape index (κ1) is 14.9. The summed E-state index contributed by atoms with van der Waals surface area (Å²) in [6, 6.07) is 13.5. The minimum absolute atomic E-state index is 0.237. The third-order valence-corrected chi connectivity index (χ3v) is 4.43. The molecule has 3 nitrogen and oxygen atoms in total. The molecular formula is C18H16BrNO2. The molecule has 4 heteroatoms. The van der Waals surface area contributed by atoms with E-state index in [0.717, 1.165) is 33.1 Å². The van der Waals surface area contributed by atoms with Gasteiger partial charge in [0.25, 0.3) is 5.91 Å². The number of fused-ring (bicyclic) bond motifs is 1. The van der Waals surface area contributed by atoms with Crippen LogP contribution < -0.4 is 5.32 Å². The zero-order valence-corrected chi connectivity index (χ0v) is 14.0. The van der Waals surface area contributed by atoms with Gasteiger partial charge in [-0.15, -0.1) is 0 Å². The summed E-state index contributed by atoms with van der Waals surface area (Å²) in [6.07, 6.45) is 0.957. The molecule has 3 aromatic rings. The van der Waals surface area contributed by atoms with E-state index >= 15 is 0 Å². The highest BCUT2D eigenvalue weighted by molar-refractivity contribution is 9.10. The fraction of sp³-hybridized carbons (Fsp3) is 0.167. The van der Waals surface area contributed by atoms with Gasteiger partial charge in [0.1, 0.15) is 5.58 Å². The lowest BCUT2D eigenvalue weighted by Gasteiger charge is -2.05. The first-order valence-corrected chi connectivity index (χ1v) is 7.97. The van der Waals surface area contributed by atoms with Gasteiger partial charge in [-0.1, -0.05) is 25.1 Å². The largest absolute Gasteiger partial charge is 0.451 e. The van der Waals surface area contributed by atoms with Crippen LogP contribution in [-0.2, 0) is 6.42 Å². The van der Waals surface area contributed by atoms with Crippen molar-refractivity contribution in [3.05, 3.63) is 63.8 Å². The topological polar surface area (TPSA) is 42.2 Å². The highest BCUT2D eigenvalue weighted by atomic mass is 79.9. The number of anilines is 1. The van der Waals surface area contributed by atoms with Crippen molar-refractivity contribution in [2.75, 3.05) is 5.32 Å². The van der Waals surface area contributed by atoms with E-state index in [1.54, 1.807) is 0 Å². The Morgan fingerprint density at radius 1 is 1.23 bits per heavy atom. The molecule has 0 saturated heterocycles. The van der Waals surface area contributed by atoms with Crippen molar-refractivity contribution in [3.8, 4) is 0 Å². The van der Waals surface area contributed by atoms with Gasteiger partial charge in [0.2, 0.25) is 0 Å². The van der Waals surface area contributed by atoms with E-state index in [9.17, 15) is 4.79 Å². The summed E-state index contributed by atoms with van der Waals surface area (Å²) in [6.45, 7) is 4.03. The third-order valence-electron chi connectivity index (χ3n) is 3.74. The second-order valence-electron chi connectivity index (χ2n) is 5.17. The summed E-state index contributed by atoms with van der Waals surface area (Å²) < 4.78 is 6.58. The summed E-state index contributed by atoms with van der Waals surface area (Å²) in [5, 5.41) is 3.87. The maximum Gasteiger partial charge on any atom is 0.291 e. The first-order chi connectivity index (χ1) is 10.6. The van der Waals surface area contributed by atoms with Gasteiger partial charge in [0.15, 0.2) is 5.76 Å². The van der Waals surface area contributed by atoms with Gasteiger partial charge in [0.05, 0.1) is 5.69 Å². The lowest BCUT2D eigenvalue weighted by Crippen LogP contribution is -2.12. The van der Waals surface area contributed by atoms with E-state index in [4.69, 9.17) is 4.42 Å².